The zero-order valence-corrected chi connectivity index (χ0v) is 18.0. The number of fused-ring (bicyclic) bond motifs is 1. The first-order valence-electron chi connectivity index (χ1n) is 10.3. The predicted molar refractivity (Wildman–Crippen MR) is 111 cm³/mol. The van der Waals surface area contributed by atoms with Crippen LogP contribution in [0.25, 0.3) is 11.0 Å². The largest absolute Gasteiger partial charge is 0.379 e. The second-order valence-electron chi connectivity index (χ2n) is 7.22. The van der Waals surface area contributed by atoms with Gasteiger partial charge >= 0.3 is 0 Å². The second kappa shape index (κ2) is 9.35. The molecular weight excluding hydrogens is 376 g/mol. The number of hydrogen-bond donors (Lipinski definition) is 0. The van der Waals surface area contributed by atoms with Gasteiger partial charge in [-0.2, -0.15) is 4.31 Å². The van der Waals surface area contributed by atoms with Gasteiger partial charge in [0.15, 0.2) is 0 Å². The van der Waals surface area contributed by atoms with Crippen LogP contribution in [-0.2, 0) is 27.8 Å². The monoisotopic (exact) mass is 408 g/mol. The molecule has 1 aliphatic rings. The van der Waals surface area contributed by atoms with Crippen molar-refractivity contribution in [3.05, 3.63) is 24.0 Å². The Kier molecular flexibility index (Phi) is 7.09. The molecular formula is C20H32N4O3S. The lowest BCUT2D eigenvalue weighted by atomic mass is 10.3. The summed E-state index contributed by atoms with van der Waals surface area (Å²) in [6.45, 7) is 11.9. The number of benzene rings is 1. The fourth-order valence-electron chi connectivity index (χ4n) is 3.83. The molecule has 0 saturated carbocycles. The molecule has 0 amide bonds. The van der Waals surface area contributed by atoms with Gasteiger partial charge in [-0.25, -0.2) is 13.4 Å². The smallest absolute Gasteiger partial charge is 0.243 e. The average molecular weight is 409 g/mol. The highest BCUT2D eigenvalue weighted by Crippen LogP contribution is 2.24. The van der Waals surface area contributed by atoms with E-state index >= 15 is 0 Å². The van der Waals surface area contributed by atoms with Gasteiger partial charge in [0.05, 0.1) is 35.7 Å². The topological polar surface area (TPSA) is 67.7 Å². The number of aryl methyl sites for hydroxylation is 1. The molecule has 0 unspecified atom stereocenters. The van der Waals surface area contributed by atoms with E-state index < -0.39 is 10.0 Å². The summed E-state index contributed by atoms with van der Waals surface area (Å²) >= 11 is 0. The summed E-state index contributed by atoms with van der Waals surface area (Å²) in [5, 5.41) is 0. The third-order valence-electron chi connectivity index (χ3n) is 5.17. The van der Waals surface area contributed by atoms with Gasteiger partial charge < -0.3 is 9.30 Å². The predicted octanol–water partition coefficient (Wildman–Crippen LogP) is 2.70. The van der Waals surface area contributed by atoms with Gasteiger partial charge in [-0.15, -0.1) is 0 Å². The maximum absolute atomic E-state index is 13.0. The van der Waals surface area contributed by atoms with Crippen molar-refractivity contribution in [2.45, 2.75) is 51.6 Å². The van der Waals surface area contributed by atoms with Crippen molar-refractivity contribution in [2.24, 2.45) is 0 Å². The third-order valence-corrected chi connectivity index (χ3v) is 7.06. The van der Waals surface area contributed by atoms with E-state index in [4.69, 9.17) is 9.72 Å². The van der Waals surface area contributed by atoms with Crippen molar-refractivity contribution in [3.63, 3.8) is 0 Å². The Bertz CT molecular complexity index is 882. The van der Waals surface area contributed by atoms with E-state index in [0.717, 1.165) is 55.9 Å². The average Bonchev–Trinajstić information content (AvgIpc) is 3.05. The van der Waals surface area contributed by atoms with Gasteiger partial charge in [0.2, 0.25) is 10.0 Å². The summed E-state index contributed by atoms with van der Waals surface area (Å²) in [5.74, 6) is 1.00. The highest BCUT2D eigenvalue weighted by Gasteiger charge is 2.27. The Morgan fingerprint density at radius 2 is 1.79 bits per heavy atom. The molecule has 1 aliphatic heterocycles. The Labute approximate surface area is 168 Å². The minimum absolute atomic E-state index is 0.313. The van der Waals surface area contributed by atoms with Crippen LogP contribution in [0.15, 0.2) is 23.1 Å². The van der Waals surface area contributed by atoms with Crippen LogP contribution in [0.5, 0.6) is 0 Å². The lowest BCUT2D eigenvalue weighted by molar-refractivity contribution is 0.0730. The molecule has 0 aliphatic carbocycles. The second-order valence-corrected chi connectivity index (χ2v) is 9.15. The first kappa shape index (κ1) is 21.2. The Morgan fingerprint density at radius 3 is 2.39 bits per heavy atom. The quantitative estimate of drug-likeness (QED) is 0.638. The van der Waals surface area contributed by atoms with Crippen LogP contribution >= 0.6 is 0 Å². The van der Waals surface area contributed by atoms with E-state index in [1.807, 2.05) is 6.07 Å². The van der Waals surface area contributed by atoms with Crippen LogP contribution < -0.4 is 0 Å². The molecule has 0 atom stereocenters. The van der Waals surface area contributed by atoms with Crippen molar-refractivity contribution in [1.29, 1.82) is 0 Å². The van der Waals surface area contributed by atoms with Gasteiger partial charge in [0.25, 0.3) is 0 Å². The SMILES string of the molecule is CCCN(CCC)Cc1nc2cc(S(=O)(=O)N3CCOCC3)ccc2n1CC. The highest BCUT2D eigenvalue weighted by atomic mass is 32.2. The van der Waals surface area contributed by atoms with E-state index in [2.05, 4.69) is 30.2 Å². The minimum Gasteiger partial charge on any atom is -0.379 e. The number of sulfonamides is 1. The van der Waals surface area contributed by atoms with E-state index in [0.29, 0.717) is 31.2 Å². The van der Waals surface area contributed by atoms with Crippen molar-refractivity contribution in [2.75, 3.05) is 39.4 Å². The molecule has 156 valence electrons. The van der Waals surface area contributed by atoms with Crippen LogP contribution in [0.2, 0.25) is 0 Å². The number of rotatable bonds is 9. The van der Waals surface area contributed by atoms with Crippen LogP contribution in [0.1, 0.15) is 39.4 Å². The zero-order chi connectivity index (χ0) is 20.1. The van der Waals surface area contributed by atoms with E-state index in [1.165, 1.54) is 4.31 Å². The number of imidazole rings is 1. The summed E-state index contributed by atoms with van der Waals surface area (Å²) in [4.78, 5) is 7.55. The molecule has 28 heavy (non-hydrogen) atoms. The first-order valence-corrected chi connectivity index (χ1v) is 11.7. The van der Waals surface area contributed by atoms with Gasteiger partial charge in [-0.05, 0) is 51.1 Å². The molecule has 7 nitrogen and oxygen atoms in total. The maximum atomic E-state index is 13.0. The Hall–Kier alpha value is -1.48. The molecule has 1 fully saturated rings. The van der Waals surface area contributed by atoms with Gasteiger partial charge in [0, 0.05) is 19.6 Å². The summed E-state index contributed by atoms with van der Waals surface area (Å²) in [6.07, 6.45) is 2.21. The first-order chi connectivity index (χ1) is 13.5. The summed E-state index contributed by atoms with van der Waals surface area (Å²) in [5.41, 5.74) is 1.74. The molecule has 1 aromatic heterocycles. The fraction of sp³-hybridized carbons (Fsp3) is 0.650. The van der Waals surface area contributed by atoms with Gasteiger partial charge in [0.1, 0.15) is 5.82 Å². The third kappa shape index (κ3) is 4.40. The molecule has 1 saturated heterocycles. The number of aromatic nitrogens is 2. The summed E-state index contributed by atoms with van der Waals surface area (Å²) < 4.78 is 34.9. The minimum atomic E-state index is -3.51. The van der Waals surface area contributed by atoms with Crippen LogP contribution in [0.4, 0.5) is 0 Å². The van der Waals surface area contributed by atoms with Gasteiger partial charge in [-0.1, -0.05) is 13.8 Å². The molecule has 1 aromatic carbocycles. The lowest BCUT2D eigenvalue weighted by Crippen LogP contribution is -2.40. The van der Waals surface area contributed by atoms with Crippen LogP contribution in [-0.4, -0.2) is 66.6 Å². The Balaban J connectivity index is 1.93. The van der Waals surface area contributed by atoms with Crippen molar-refractivity contribution in [3.8, 4) is 0 Å². The van der Waals surface area contributed by atoms with E-state index in [-0.39, 0.29) is 0 Å². The van der Waals surface area contributed by atoms with Gasteiger partial charge in [-0.3, -0.25) is 4.90 Å². The number of hydrogen-bond acceptors (Lipinski definition) is 5. The normalized spacial score (nSPS) is 16.3. The molecule has 2 heterocycles. The molecule has 0 bridgehead atoms. The molecule has 0 radical (unpaired) electrons. The molecule has 2 aromatic rings. The zero-order valence-electron chi connectivity index (χ0n) is 17.2. The van der Waals surface area contributed by atoms with Crippen molar-refractivity contribution in [1.82, 2.24) is 18.8 Å². The maximum Gasteiger partial charge on any atom is 0.243 e. The number of morpholine rings is 1. The van der Waals surface area contributed by atoms with E-state index in [9.17, 15) is 8.42 Å². The molecule has 8 heteroatoms. The number of ether oxygens (including phenoxy) is 1. The van der Waals surface area contributed by atoms with Crippen molar-refractivity contribution >= 4 is 21.1 Å². The number of nitrogens with zero attached hydrogens (tertiary/aromatic N) is 4. The lowest BCUT2D eigenvalue weighted by Gasteiger charge is -2.26. The molecule has 0 spiro atoms. The van der Waals surface area contributed by atoms with Crippen molar-refractivity contribution < 1.29 is 13.2 Å². The summed E-state index contributed by atoms with van der Waals surface area (Å²) in [6, 6.07) is 5.33. The van der Waals surface area contributed by atoms with Crippen LogP contribution in [0, 0.1) is 0 Å². The summed E-state index contributed by atoms with van der Waals surface area (Å²) in [7, 11) is -3.51. The fourth-order valence-corrected chi connectivity index (χ4v) is 5.26. The highest BCUT2D eigenvalue weighted by molar-refractivity contribution is 7.89. The Morgan fingerprint density at radius 1 is 1.11 bits per heavy atom. The molecule has 3 rings (SSSR count). The van der Waals surface area contributed by atoms with Crippen LogP contribution in [0.3, 0.4) is 0 Å². The molecule has 0 N–H and O–H groups in total. The van der Waals surface area contributed by atoms with E-state index in [1.54, 1.807) is 12.1 Å². The standard InChI is InChI=1S/C20H32N4O3S/c1-4-9-22(10-5-2)16-20-21-18-15-17(7-8-19(18)24(20)6-3)28(25,26)23-11-13-27-14-12-23/h7-8,15H,4-6,9-14,16H2,1-3H3.